The smallest absolute Gasteiger partial charge is 0.243 e. The highest BCUT2D eigenvalue weighted by Crippen LogP contribution is 2.10. The van der Waals surface area contributed by atoms with Gasteiger partial charge >= 0.3 is 0 Å². The summed E-state index contributed by atoms with van der Waals surface area (Å²) in [6.45, 7) is 5.82. The number of nitrogens with one attached hydrogen (secondary N) is 1. The van der Waals surface area contributed by atoms with Gasteiger partial charge in [-0.2, -0.15) is 10.1 Å². The Morgan fingerprint density at radius 3 is 3.11 bits per heavy atom. The molecule has 0 fully saturated rings. The second-order valence-corrected chi connectivity index (χ2v) is 4.60. The van der Waals surface area contributed by atoms with E-state index in [-0.39, 0.29) is 6.04 Å². The van der Waals surface area contributed by atoms with E-state index in [1.54, 1.807) is 6.20 Å². The normalized spacial score (nSPS) is 12.7. The molecule has 2 aromatic heterocycles. The fourth-order valence-electron chi connectivity index (χ4n) is 1.80. The van der Waals surface area contributed by atoms with Crippen molar-refractivity contribution in [3.63, 3.8) is 0 Å². The maximum atomic E-state index is 5.27. The summed E-state index contributed by atoms with van der Waals surface area (Å²) in [4.78, 5) is 4.40. The van der Waals surface area contributed by atoms with Crippen molar-refractivity contribution in [2.45, 2.75) is 45.7 Å². The summed E-state index contributed by atoms with van der Waals surface area (Å²) >= 11 is 0. The molecule has 0 aromatic carbocycles. The molecular formula is C13H21N5O. The van der Waals surface area contributed by atoms with Gasteiger partial charge in [-0.05, 0) is 19.4 Å². The van der Waals surface area contributed by atoms with Gasteiger partial charge in [0, 0.05) is 25.4 Å². The lowest BCUT2D eigenvalue weighted by molar-refractivity contribution is 0.333. The van der Waals surface area contributed by atoms with Gasteiger partial charge in [-0.25, -0.2) is 0 Å². The molecule has 0 aliphatic heterocycles. The van der Waals surface area contributed by atoms with Gasteiger partial charge < -0.3 is 9.84 Å². The Bertz CT molecular complexity index is 465. The van der Waals surface area contributed by atoms with Crippen molar-refractivity contribution in [2.75, 3.05) is 6.54 Å². The van der Waals surface area contributed by atoms with E-state index >= 15 is 0 Å². The van der Waals surface area contributed by atoms with Gasteiger partial charge in [-0.3, -0.25) is 4.68 Å². The highest BCUT2D eigenvalue weighted by atomic mass is 16.5. The maximum Gasteiger partial charge on any atom is 0.243 e. The number of aromatic nitrogens is 4. The third-order valence-electron chi connectivity index (χ3n) is 2.96. The fraction of sp³-hybridized carbons (Fsp3) is 0.615. The summed E-state index contributed by atoms with van der Waals surface area (Å²) in [5, 5.41) is 11.5. The van der Waals surface area contributed by atoms with Gasteiger partial charge in [-0.15, -0.1) is 0 Å². The summed E-state index contributed by atoms with van der Waals surface area (Å²) in [7, 11) is 0. The number of hydrogen-bond acceptors (Lipinski definition) is 5. The molecule has 0 saturated carbocycles. The standard InChI is InChI=1S/C13H21N5O/c1-3-4-6-12-16-13(19-17-12)11(2)14-8-10-18-9-5-7-15-18/h5,7,9,11,14H,3-4,6,8,10H2,1-2H3/t11-/m0/s1. The van der Waals surface area contributed by atoms with E-state index in [0.717, 1.165) is 38.2 Å². The van der Waals surface area contributed by atoms with Crippen LogP contribution in [0, 0.1) is 0 Å². The second kappa shape index (κ2) is 7.04. The molecule has 2 rings (SSSR count). The van der Waals surface area contributed by atoms with Gasteiger partial charge in [0.05, 0.1) is 12.6 Å². The van der Waals surface area contributed by atoms with Crippen LogP contribution >= 0.6 is 0 Å². The highest BCUT2D eigenvalue weighted by Gasteiger charge is 2.13. The largest absolute Gasteiger partial charge is 0.338 e. The number of unbranched alkanes of at least 4 members (excludes halogenated alkanes) is 1. The van der Waals surface area contributed by atoms with Gasteiger partial charge in [0.2, 0.25) is 5.89 Å². The molecule has 0 radical (unpaired) electrons. The molecule has 0 unspecified atom stereocenters. The first-order valence-electron chi connectivity index (χ1n) is 6.83. The summed E-state index contributed by atoms with van der Waals surface area (Å²) in [6.07, 6.45) is 6.85. The number of nitrogens with zero attached hydrogens (tertiary/aromatic N) is 4. The topological polar surface area (TPSA) is 68.8 Å². The van der Waals surface area contributed by atoms with Crippen LogP contribution in [0.4, 0.5) is 0 Å². The average molecular weight is 263 g/mol. The first-order valence-corrected chi connectivity index (χ1v) is 6.83. The van der Waals surface area contributed by atoms with Crippen LogP contribution in [0.3, 0.4) is 0 Å². The van der Waals surface area contributed by atoms with Gasteiger partial charge in [0.1, 0.15) is 0 Å². The quantitative estimate of drug-likeness (QED) is 0.788. The number of hydrogen-bond donors (Lipinski definition) is 1. The lowest BCUT2D eigenvalue weighted by atomic mass is 10.2. The van der Waals surface area contributed by atoms with Crippen molar-refractivity contribution < 1.29 is 4.52 Å². The molecule has 1 atom stereocenters. The monoisotopic (exact) mass is 263 g/mol. The van der Waals surface area contributed by atoms with Gasteiger partial charge in [-0.1, -0.05) is 18.5 Å². The van der Waals surface area contributed by atoms with Crippen molar-refractivity contribution in [3.8, 4) is 0 Å². The Kier molecular flexibility index (Phi) is 5.09. The van der Waals surface area contributed by atoms with Crippen LogP contribution in [0.25, 0.3) is 0 Å². The molecule has 104 valence electrons. The minimum Gasteiger partial charge on any atom is -0.338 e. The minimum atomic E-state index is 0.0680. The maximum absolute atomic E-state index is 5.27. The van der Waals surface area contributed by atoms with E-state index in [1.165, 1.54) is 0 Å². The fourth-order valence-corrected chi connectivity index (χ4v) is 1.80. The molecule has 1 N–H and O–H groups in total. The van der Waals surface area contributed by atoms with E-state index < -0.39 is 0 Å². The van der Waals surface area contributed by atoms with E-state index in [2.05, 4.69) is 27.5 Å². The minimum absolute atomic E-state index is 0.0680. The van der Waals surface area contributed by atoms with Crippen molar-refractivity contribution in [2.24, 2.45) is 0 Å². The lowest BCUT2D eigenvalue weighted by Gasteiger charge is -2.09. The Morgan fingerprint density at radius 1 is 1.47 bits per heavy atom. The van der Waals surface area contributed by atoms with Crippen LogP contribution in [0.1, 0.15) is 44.4 Å². The van der Waals surface area contributed by atoms with Gasteiger partial charge in [0.15, 0.2) is 5.82 Å². The molecular weight excluding hydrogens is 242 g/mol. The van der Waals surface area contributed by atoms with E-state index in [1.807, 2.05) is 23.9 Å². The van der Waals surface area contributed by atoms with E-state index in [9.17, 15) is 0 Å². The molecule has 2 heterocycles. The van der Waals surface area contributed by atoms with Crippen LogP contribution in [0.5, 0.6) is 0 Å². The van der Waals surface area contributed by atoms with Gasteiger partial charge in [0.25, 0.3) is 0 Å². The summed E-state index contributed by atoms with van der Waals surface area (Å²) in [5.74, 6) is 1.46. The first-order chi connectivity index (χ1) is 9.29. The predicted molar refractivity (Wildman–Crippen MR) is 71.6 cm³/mol. The van der Waals surface area contributed by atoms with Crippen molar-refractivity contribution in [3.05, 3.63) is 30.2 Å². The van der Waals surface area contributed by atoms with E-state index in [4.69, 9.17) is 4.52 Å². The average Bonchev–Trinajstić information content (AvgIpc) is 3.07. The summed E-state index contributed by atoms with van der Waals surface area (Å²) in [5.41, 5.74) is 0. The Hall–Kier alpha value is -1.69. The first kappa shape index (κ1) is 13.7. The molecule has 0 aliphatic rings. The predicted octanol–water partition coefficient (Wildman–Crippen LogP) is 1.96. The Morgan fingerprint density at radius 2 is 2.37 bits per heavy atom. The van der Waals surface area contributed by atoms with Crippen molar-refractivity contribution >= 4 is 0 Å². The zero-order valence-corrected chi connectivity index (χ0v) is 11.5. The highest BCUT2D eigenvalue weighted by molar-refractivity contribution is 4.91. The molecule has 6 nitrogen and oxygen atoms in total. The summed E-state index contributed by atoms with van der Waals surface area (Å²) < 4.78 is 7.15. The Balaban J connectivity index is 1.75. The molecule has 19 heavy (non-hydrogen) atoms. The zero-order valence-electron chi connectivity index (χ0n) is 11.5. The second-order valence-electron chi connectivity index (χ2n) is 4.60. The third-order valence-corrected chi connectivity index (χ3v) is 2.96. The van der Waals surface area contributed by atoms with Crippen molar-refractivity contribution in [1.82, 2.24) is 25.2 Å². The number of rotatable bonds is 8. The Labute approximate surface area is 113 Å². The molecule has 0 aliphatic carbocycles. The van der Waals surface area contributed by atoms with Crippen LogP contribution in [-0.4, -0.2) is 26.5 Å². The van der Waals surface area contributed by atoms with Crippen LogP contribution in [0.15, 0.2) is 23.0 Å². The summed E-state index contributed by atoms with van der Waals surface area (Å²) in [6, 6.07) is 1.99. The van der Waals surface area contributed by atoms with Crippen molar-refractivity contribution in [1.29, 1.82) is 0 Å². The third kappa shape index (κ3) is 4.17. The van der Waals surface area contributed by atoms with Crippen LogP contribution < -0.4 is 5.32 Å². The molecule has 2 aromatic rings. The molecule has 0 amide bonds. The molecule has 0 bridgehead atoms. The van der Waals surface area contributed by atoms with Crippen LogP contribution in [-0.2, 0) is 13.0 Å². The lowest BCUT2D eigenvalue weighted by Crippen LogP contribution is -2.23. The SMILES string of the molecule is CCCCc1noc([C@H](C)NCCn2cccn2)n1. The van der Waals surface area contributed by atoms with E-state index in [0.29, 0.717) is 5.89 Å². The molecule has 0 saturated heterocycles. The zero-order chi connectivity index (χ0) is 13.5. The molecule has 6 heteroatoms. The van der Waals surface area contributed by atoms with Crippen LogP contribution in [0.2, 0.25) is 0 Å². The molecule has 0 spiro atoms. The number of aryl methyl sites for hydroxylation is 1.